The number of hydrogen-bond donors (Lipinski definition) is 1. The third-order valence-corrected chi connectivity index (χ3v) is 4.92. The van der Waals surface area contributed by atoms with Gasteiger partial charge in [0, 0.05) is 13.1 Å². The number of nitrogen functional groups attached to an aromatic ring is 1. The van der Waals surface area contributed by atoms with E-state index in [0.717, 1.165) is 6.07 Å². The summed E-state index contributed by atoms with van der Waals surface area (Å²) in [6.45, 7) is 8.04. The first kappa shape index (κ1) is 15.9. The maximum absolute atomic E-state index is 13.3. The van der Waals surface area contributed by atoms with Gasteiger partial charge < -0.3 is 5.73 Å². The topological polar surface area (TPSA) is 63.4 Å². The third kappa shape index (κ3) is 3.45. The van der Waals surface area contributed by atoms with Crippen molar-refractivity contribution in [2.24, 2.45) is 5.92 Å². The standard InChI is InChI=1S/C13H21FN2O2S/c1-5-16(8-9(2)3)19(17,18)13-7-12(15)11(14)6-10(13)4/h6-7,9H,5,8,15H2,1-4H3. The van der Waals surface area contributed by atoms with Crippen LogP contribution >= 0.6 is 0 Å². The van der Waals surface area contributed by atoms with Crippen molar-refractivity contribution in [3.63, 3.8) is 0 Å². The molecule has 0 spiro atoms. The summed E-state index contributed by atoms with van der Waals surface area (Å²) in [7, 11) is -3.63. The molecule has 2 N–H and O–H groups in total. The van der Waals surface area contributed by atoms with E-state index < -0.39 is 15.8 Å². The molecule has 0 atom stereocenters. The van der Waals surface area contributed by atoms with Gasteiger partial charge in [0.25, 0.3) is 0 Å². The number of halogens is 1. The molecule has 0 heterocycles. The SMILES string of the molecule is CCN(CC(C)C)S(=O)(=O)c1cc(N)c(F)cc1C. The highest BCUT2D eigenvalue weighted by atomic mass is 32.2. The van der Waals surface area contributed by atoms with Gasteiger partial charge in [0.15, 0.2) is 0 Å². The molecule has 0 aliphatic rings. The van der Waals surface area contributed by atoms with Gasteiger partial charge in [-0.1, -0.05) is 20.8 Å². The molecule has 19 heavy (non-hydrogen) atoms. The van der Waals surface area contributed by atoms with Crippen LogP contribution in [0, 0.1) is 18.7 Å². The molecule has 0 bridgehead atoms. The lowest BCUT2D eigenvalue weighted by Gasteiger charge is -2.23. The first-order valence-corrected chi connectivity index (χ1v) is 7.69. The van der Waals surface area contributed by atoms with Crippen LogP contribution in [0.5, 0.6) is 0 Å². The molecule has 1 aromatic rings. The summed E-state index contributed by atoms with van der Waals surface area (Å²) < 4.78 is 39.8. The molecule has 0 amide bonds. The summed E-state index contributed by atoms with van der Waals surface area (Å²) in [6.07, 6.45) is 0. The fourth-order valence-electron chi connectivity index (χ4n) is 1.89. The number of sulfonamides is 1. The van der Waals surface area contributed by atoms with Crippen molar-refractivity contribution in [1.82, 2.24) is 4.31 Å². The average molecular weight is 288 g/mol. The van der Waals surface area contributed by atoms with Crippen LogP contribution in [0.3, 0.4) is 0 Å². The van der Waals surface area contributed by atoms with Crippen molar-refractivity contribution in [3.05, 3.63) is 23.5 Å². The molecule has 0 aromatic heterocycles. The summed E-state index contributed by atoms with van der Waals surface area (Å²) in [5, 5.41) is 0. The number of hydrogen-bond acceptors (Lipinski definition) is 3. The van der Waals surface area contributed by atoms with Crippen LogP contribution < -0.4 is 5.73 Å². The van der Waals surface area contributed by atoms with E-state index in [1.54, 1.807) is 13.8 Å². The fraction of sp³-hybridized carbons (Fsp3) is 0.538. The van der Waals surface area contributed by atoms with Crippen molar-refractivity contribution in [1.29, 1.82) is 0 Å². The van der Waals surface area contributed by atoms with Crippen molar-refractivity contribution < 1.29 is 12.8 Å². The van der Waals surface area contributed by atoms with Crippen molar-refractivity contribution in [2.45, 2.75) is 32.6 Å². The van der Waals surface area contributed by atoms with E-state index in [2.05, 4.69) is 0 Å². The third-order valence-electron chi connectivity index (χ3n) is 2.83. The number of rotatable bonds is 5. The number of nitrogens with zero attached hydrogens (tertiary/aromatic N) is 1. The van der Waals surface area contributed by atoms with Gasteiger partial charge in [-0.3, -0.25) is 0 Å². The molecule has 0 fully saturated rings. The van der Waals surface area contributed by atoms with E-state index in [9.17, 15) is 12.8 Å². The Morgan fingerprint density at radius 2 is 1.95 bits per heavy atom. The van der Waals surface area contributed by atoms with Gasteiger partial charge in [0.2, 0.25) is 10.0 Å². The zero-order valence-electron chi connectivity index (χ0n) is 11.8. The van der Waals surface area contributed by atoms with Crippen molar-refractivity contribution in [3.8, 4) is 0 Å². The van der Waals surface area contributed by atoms with Gasteiger partial charge in [0.1, 0.15) is 5.82 Å². The highest BCUT2D eigenvalue weighted by Gasteiger charge is 2.26. The summed E-state index contributed by atoms with van der Waals surface area (Å²) >= 11 is 0. The van der Waals surface area contributed by atoms with E-state index in [4.69, 9.17) is 5.73 Å². The number of benzene rings is 1. The molecule has 0 unspecified atom stereocenters. The predicted octanol–water partition coefficient (Wildman–Crippen LogP) is 2.38. The van der Waals surface area contributed by atoms with Gasteiger partial charge >= 0.3 is 0 Å². The predicted molar refractivity (Wildman–Crippen MR) is 74.8 cm³/mol. The van der Waals surface area contributed by atoms with Crippen LogP contribution in [-0.2, 0) is 10.0 Å². The molecule has 0 radical (unpaired) electrons. The van der Waals surface area contributed by atoms with Crippen LogP contribution in [0.15, 0.2) is 17.0 Å². The van der Waals surface area contributed by atoms with Crippen LogP contribution in [0.2, 0.25) is 0 Å². The minimum Gasteiger partial charge on any atom is -0.396 e. The molecule has 6 heteroatoms. The van der Waals surface area contributed by atoms with E-state index in [1.807, 2.05) is 13.8 Å². The van der Waals surface area contributed by atoms with Crippen LogP contribution in [0.1, 0.15) is 26.3 Å². The summed E-state index contributed by atoms with van der Waals surface area (Å²) in [5.74, 6) is -0.379. The summed E-state index contributed by atoms with van der Waals surface area (Å²) in [5.41, 5.74) is 5.69. The summed E-state index contributed by atoms with van der Waals surface area (Å²) in [4.78, 5) is 0.0777. The Kier molecular flexibility index (Phi) is 4.92. The first-order valence-electron chi connectivity index (χ1n) is 6.25. The summed E-state index contributed by atoms with van der Waals surface area (Å²) in [6, 6.07) is 2.36. The molecule has 1 aromatic carbocycles. The number of nitrogens with two attached hydrogens (primary N) is 1. The lowest BCUT2D eigenvalue weighted by Crippen LogP contribution is -2.34. The lowest BCUT2D eigenvalue weighted by atomic mass is 10.2. The Morgan fingerprint density at radius 1 is 1.37 bits per heavy atom. The largest absolute Gasteiger partial charge is 0.396 e. The molecule has 4 nitrogen and oxygen atoms in total. The Morgan fingerprint density at radius 3 is 2.42 bits per heavy atom. The Labute approximate surface area is 114 Å². The van der Waals surface area contributed by atoms with E-state index in [0.29, 0.717) is 18.7 Å². The maximum Gasteiger partial charge on any atom is 0.243 e. The van der Waals surface area contributed by atoms with Gasteiger partial charge in [0.05, 0.1) is 10.6 Å². The lowest BCUT2D eigenvalue weighted by molar-refractivity contribution is 0.380. The van der Waals surface area contributed by atoms with Gasteiger partial charge in [-0.15, -0.1) is 0 Å². The van der Waals surface area contributed by atoms with E-state index in [1.165, 1.54) is 10.4 Å². The molecule has 0 aliphatic heterocycles. The van der Waals surface area contributed by atoms with Crippen LogP contribution in [0.4, 0.5) is 10.1 Å². The Hall–Kier alpha value is -1.14. The minimum atomic E-state index is -3.63. The molecule has 1 rings (SSSR count). The second-order valence-electron chi connectivity index (χ2n) is 4.99. The Balaban J connectivity index is 3.30. The zero-order chi connectivity index (χ0) is 14.8. The quantitative estimate of drug-likeness (QED) is 0.846. The second-order valence-corrected chi connectivity index (χ2v) is 6.90. The fourth-order valence-corrected chi connectivity index (χ4v) is 3.74. The number of aryl methyl sites for hydroxylation is 1. The van der Waals surface area contributed by atoms with Crippen LogP contribution in [0.25, 0.3) is 0 Å². The average Bonchev–Trinajstić information content (AvgIpc) is 2.30. The first-order chi connectivity index (χ1) is 8.70. The smallest absolute Gasteiger partial charge is 0.243 e. The maximum atomic E-state index is 13.3. The van der Waals surface area contributed by atoms with Gasteiger partial charge in [-0.2, -0.15) is 4.31 Å². The molecular weight excluding hydrogens is 267 g/mol. The molecule has 0 saturated heterocycles. The van der Waals surface area contributed by atoms with Crippen molar-refractivity contribution in [2.75, 3.05) is 18.8 Å². The van der Waals surface area contributed by atoms with Crippen molar-refractivity contribution >= 4 is 15.7 Å². The minimum absolute atomic E-state index is 0.0777. The zero-order valence-corrected chi connectivity index (χ0v) is 12.6. The highest BCUT2D eigenvalue weighted by molar-refractivity contribution is 7.89. The molecular formula is C13H21FN2O2S. The van der Waals surface area contributed by atoms with E-state index >= 15 is 0 Å². The number of anilines is 1. The van der Waals surface area contributed by atoms with E-state index in [-0.39, 0.29) is 16.5 Å². The van der Waals surface area contributed by atoms with Crippen LogP contribution in [-0.4, -0.2) is 25.8 Å². The normalized spacial score (nSPS) is 12.4. The second kappa shape index (κ2) is 5.88. The van der Waals surface area contributed by atoms with Gasteiger partial charge in [-0.25, -0.2) is 12.8 Å². The van der Waals surface area contributed by atoms with Gasteiger partial charge in [-0.05, 0) is 30.5 Å². The molecule has 0 aliphatic carbocycles. The molecule has 108 valence electrons. The Bertz CT molecular complexity index is 556. The molecule has 0 saturated carbocycles. The monoisotopic (exact) mass is 288 g/mol. The highest BCUT2D eigenvalue weighted by Crippen LogP contribution is 2.25.